The Morgan fingerprint density at radius 3 is 2.67 bits per heavy atom. The normalized spacial score (nSPS) is 10.1. The third-order valence-electron chi connectivity index (χ3n) is 1.70. The van der Waals surface area contributed by atoms with Gasteiger partial charge in [0.05, 0.1) is 0 Å². The van der Waals surface area contributed by atoms with Gasteiger partial charge in [0, 0.05) is 6.08 Å². The van der Waals surface area contributed by atoms with Crippen LogP contribution in [0.4, 0.5) is 0 Å². The van der Waals surface area contributed by atoms with E-state index in [4.69, 9.17) is 22.4 Å². The number of nitrogens with two attached hydrogens (primary N) is 1. The van der Waals surface area contributed by atoms with Crippen LogP contribution in [0.5, 0.6) is 0 Å². The van der Waals surface area contributed by atoms with Gasteiger partial charge in [0.1, 0.15) is 11.5 Å². The lowest BCUT2D eigenvalue weighted by atomic mass is 10.4. The van der Waals surface area contributed by atoms with Gasteiger partial charge in [-0.2, -0.15) is 0 Å². The van der Waals surface area contributed by atoms with Crippen LogP contribution in [0.2, 0.25) is 0 Å². The second kappa shape index (κ2) is 6.72. The van der Waals surface area contributed by atoms with Crippen molar-refractivity contribution in [2.24, 2.45) is 5.73 Å². The molecule has 18 heavy (non-hydrogen) atoms. The number of carbonyl (C=O) groups is 1. The Morgan fingerprint density at radius 2 is 2.11 bits per heavy atom. The fourth-order valence-electron chi connectivity index (χ4n) is 1.00. The summed E-state index contributed by atoms with van der Waals surface area (Å²) >= 11 is 9.36. The number of amides is 1. The maximum absolute atomic E-state index is 11.4. The molecular formula is C10H12N4O2S2. The molecule has 0 radical (unpaired) electrons. The van der Waals surface area contributed by atoms with Crippen molar-refractivity contribution in [2.75, 3.05) is 0 Å². The maximum Gasteiger partial charge on any atom is 0.250 e. The van der Waals surface area contributed by atoms with Crippen LogP contribution >= 0.6 is 24.4 Å². The molecule has 96 valence electrons. The van der Waals surface area contributed by atoms with Crippen molar-refractivity contribution >= 4 is 46.6 Å². The molecule has 8 heteroatoms. The zero-order chi connectivity index (χ0) is 13.5. The third kappa shape index (κ3) is 5.41. The molecule has 1 heterocycles. The van der Waals surface area contributed by atoms with E-state index in [9.17, 15) is 4.79 Å². The van der Waals surface area contributed by atoms with E-state index in [0.29, 0.717) is 5.76 Å². The summed E-state index contributed by atoms with van der Waals surface area (Å²) in [5.41, 5.74) is 10.00. The lowest BCUT2D eigenvalue weighted by molar-refractivity contribution is -0.115. The fraction of sp³-hybridized carbons (Fsp3) is 0.100. The zero-order valence-electron chi connectivity index (χ0n) is 9.52. The van der Waals surface area contributed by atoms with Crippen LogP contribution in [-0.2, 0) is 4.79 Å². The van der Waals surface area contributed by atoms with Gasteiger partial charge in [-0.25, -0.2) is 0 Å². The second-order valence-corrected chi connectivity index (χ2v) is 4.06. The highest BCUT2D eigenvalue weighted by atomic mass is 32.1. The van der Waals surface area contributed by atoms with E-state index >= 15 is 0 Å². The smallest absolute Gasteiger partial charge is 0.250 e. The Balaban J connectivity index is 2.39. The highest BCUT2D eigenvalue weighted by Crippen LogP contribution is 2.07. The predicted molar refractivity (Wildman–Crippen MR) is 76.3 cm³/mol. The largest absolute Gasteiger partial charge is 0.462 e. The Hall–Kier alpha value is -1.93. The summed E-state index contributed by atoms with van der Waals surface area (Å²) in [6.07, 6.45) is 2.83. The molecule has 0 fully saturated rings. The Morgan fingerprint density at radius 1 is 1.39 bits per heavy atom. The molecular weight excluding hydrogens is 272 g/mol. The number of carbonyl (C=O) groups excluding carboxylic acids is 1. The van der Waals surface area contributed by atoms with Gasteiger partial charge in [0.25, 0.3) is 0 Å². The monoisotopic (exact) mass is 284 g/mol. The molecule has 0 spiro atoms. The van der Waals surface area contributed by atoms with Gasteiger partial charge in [-0.1, -0.05) is 0 Å². The van der Waals surface area contributed by atoms with Crippen LogP contribution in [-0.4, -0.2) is 16.1 Å². The summed E-state index contributed by atoms with van der Waals surface area (Å²) < 4.78 is 5.26. The average molecular weight is 284 g/mol. The lowest BCUT2D eigenvalue weighted by Gasteiger charge is -2.08. The minimum absolute atomic E-state index is 0.0215. The molecule has 0 saturated carbocycles. The zero-order valence-corrected chi connectivity index (χ0v) is 11.2. The van der Waals surface area contributed by atoms with E-state index in [1.165, 1.54) is 12.2 Å². The highest BCUT2D eigenvalue weighted by molar-refractivity contribution is 7.80. The molecule has 0 aromatic carbocycles. The molecule has 5 N–H and O–H groups in total. The molecule has 0 unspecified atom stereocenters. The van der Waals surface area contributed by atoms with Crippen LogP contribution in [0.3, 0.4) is 0 Å². The van der Waals surface area contributed by atoms with Gasteiger partial charge in [-0.15, -0.1) is 0 Å². The van der Waals surface area contributed by atoms with Gasteiger partial charge in [-0.3, -0.25) is 21.0 Å². The van der Waals surface area contributed by atoms with E-state index in [2.05, 4.69) is 28.4 Å². The van der Waals surface area contributed by atoms with Gasteiger partial charge in [0.2, 0.25) is 5.91 Å². The van der Waals surface area contributed by atoms with Gasteiger partial charge < -0.3 is 10.2 Å². The summed E-state index contributed by atoms with van der Waals surface area (Å²) in [7, 11) is 0. The number of nitrogens with one attached hydrogen (secondary N) is 3. The Bertz CT molecular complexity index is 496. The first-order valence-electron chi connectivity index (χ1n) is 4.88. The Labute approximate surface area is 115 Å². The first kappa shape index (κ1) is 14.1. The van der Waals surface area contributed by atoms with Crippen molar-refractivity contribution in [2.45, 2.75) is 6.92 Å². The van der Waals surface area contributed by atoms with E-state index in [-0.39, 0.29) is 10.2 Å². The number of furan rings is 1. The van der Waals surface area contributed by atoms with Crippen LogP contribution in [0.1, 0.15) is 11.5 Å². The first-order valence-corrected chi connectivity index (χ1v) is 5.70. The highest BCUT2D eigenvalue weighted by Gasteiger charge is 2.00. The number of hydrogen-bond donors (Lipinski definition) is 4. The minimum atomic E-state index is -0.397. The average Bonchev–Trinajstić information content (AvgIpc) is 2.70. The van der Waals surface area contributed by atoms with Crippen LogP contribution in [0.15, 0.2) is 22.6 Å². The van der Waals surface area contributed by atoms with Crippen molar-refractivity contribution in [1.82, 2.24) is 16.2 Å². The summed E-state index contributed by atoms with van der Waals surface area (Å²) in [6, 6.07) is 3.56. The third-order valence-corrected chi connectivity index (χ3v) is 2.00. The minimum Gasteiger partial charge on any atom is -0.462 e. The number of aryl methyl sites for hydroxylation is 1. The molecule has 1 aromatic rings. The second-order valence-electron chi connectivity index (χ2n) is 3.21. The standard InChI is InChI=1S/C10H12N4O2S2/c1-6-2-3-7(16-6)4-5-8(15)12-10(18)14-13-9(11)17/h2-5H,1H3,(H3,11,13,17)(H2,12,14,15,18). The van der Waals surface area contributed by atoms with Crippen molar-refractivity contribution in [3.8, 4) is 0 Å². The molecule has 0 aliphatic rings. The lowest BCUT2D eigenvalue weighted by Crippen LogP contribution is -2.49. The number of rotatable bonds is 2. The number of hydrazine groups is 1. The van der Waals surface area contributed by atoms with Crippen molar-refractivity contribution in [3.05, 3.63) is 29.7 Å². The van der Waals surface area contributed by atoms with Crippen molar-refractivity contribution < 1.29 is 9.21 Å². The maximum atomic E-state index is 11.4. The predicted octanol–water partition coefficient (Wildman–Crippen LogP) is 0.340. The van der Waals surface area contributed by atoms with Crippen molar-refractivity contribution in [1.29, 1.82) is 0 Å². The Kier molecular flexibility index (Phi) is 5.28. The molecule has 1 aromatic heterocycles. The SMILES string of the molecule is Cc1ccc(C=CC(=O)NC(=S)NNC(N)=S)o1. The number of thiocarbonyl (C=S) groups is 2. The molecule has 1 rings (SSSR count). The van der Waals surface area contributed by atoms with Crippen LogP contribution < -0.4 is 21.9 Å². The quantitative estimate of drug-likeness (QED) is 0.353. The van der Waals surface area contributed by atoms with E-state index in [1.54, 1.807) is 12.1 Å². The van der Waals surface area contributed by atoms with E-state index in [0.717, 1.165) is 5.76 Å². The number of hydrogen-bond acceptors (Lipinski definition) is 4. The molecule has 0 aliphatic carbocycles. The summed E-state index contributed by atoms with van der Waals surface area (Å²) in [5, 5.41) is 2.47. The van der Waals surface area contributed by atoms with Crippen LogP contribution in [0.25, 0.3) is 6.08 Å². The van der Waals surface area contributed by atoms with Gasteiger partial charge in [0.15, 0.2) is 10.2 Å². The van der Waals surface area contributed by atoms with Gasteiger partial charge in [-0.05, 0) is 49.6 Å². The van der Waals surface area contributed by atoms with Crippen molar-refractivity contribution in [3.63, 3.8) is 0 Å². The van der Waals surface area contributed by atoms with Gasteiger partial charge >= 0.3 is 0 Å². The molecule has 0 saturated heterocycles. The van der Waals surface area contributed by atoms with E-state index < -0.39 is 5.91 Å². The molecule has 6 nitrogen and oxygen atoms in total. The molecule has 1 amide bonds. The topological polar surface area (TPSA) is 92.3 Å². The summed E-state index contributed by atoms with van der Waals surface area (Å²) in [4.78, 5) is 11.4. The fourth-order valence-corrected chi connectivity index (χ4v) is 1.21. The van der Waals surface area contributed by atoms with Crippen LogP contribution in [0, 0.1) is 6.92 Å². The molecule has 0 bridgehead atoms. The van der Waals surface area contributed by atoms with E-state index in [1.807, 2.05) is 6.92 Å². The molecule has 0 aliphatic heterocycles. The first-order chi connectivity index (χ1) is 8.47. The molecule has 0 atom stereocenters. The summed E-state index contributed by atoms with van der Waals surface area (Å²) in [6.45, 7) is 1.82. The summed E-state index contributed by atoms with van der Waals surface area (Å²) in [5.74, 6) is 0.960.